The van der Waals surface area contributed by atoms with Crippen molar-refractivity contribution >= 4 is 0 Å². The van der Waals surface area contributed by atoms with Gasteiger partial charge in [-0.2, -0.15) is 0 Å². The number of aliphatic hydroxyl groups is 1. The van der Waals surface area contributed by atoms with Crippen molar-refractivity contribution in [3.05, 3.63) is 68.0 Å². The van der Waals surface area contributed by atoms with Crippen LogP contribution >= 0.6 is 0 Å². The third-order valence-corrected chi connectivity index (χ3v) is 4.50. The van der Waals surface area contributed by atoms with Crippen molar-refractivity contribution in [3.8, 4) is 0 Å². The predicted molar refractivity (Wildman–Crippen MR) is 90.2 cm³/mol. The minimum Gasteiger partial charge on any atom is -0.394 e. The van der Waals surface area contributed by atoms with Gasteiger partial charge in [-0.15, -0.1) is 0 Å². The minimum absolute atomic E-state index is 0.0662. The van der Waals surface area contributed by atoms with E-state index in [0.717, 1.165) is 5.56 Å². The monoisotopic (exact) mass is 330 g/mol. The summed E-state index contributed by atoms with van der Waals surface area (Å²) in [5, 5.41) is 9.28. The lowest BCUT2D eigenvalue weighted by Gasteiger charge is -2.21. The normalized spacial score (nSPS) is 20.4. The summed E-state index contributed by atoms with van der Waals surface area (Å²) >= 11 is 0. The first-order chi connectivity index (χ1) is 11.6. The number of aromatic amines is 1. The molecule has 0 bridgehead atoms. The summed E-state index contributed by atoms with van der Waals surface area (Å²) in [4.78, 5) is 27.1. The lowest BCUT2D eigenvalue weighted by molar-refractivity contribution is -0.0259. The minimum atomic E-state index is -0.452. The molecular formula is C18H22N2O4. The highest BCUT2D eigenvalue weighted by Crippen LogP contribution is 2.28. The maximum atomic E-state index is 12.5. The average Bonchev–Trinajstić information content (AvgIpc) is 3.04. The van der Waals surface area contributed by atoms with Gasteiger partial charge in [0.1, 0.15) is 6.23 Å². The Morgan fingerprint density at radius 2 is 2.00 bits per heavy atom. The third-order valence-electron chi connectivity index (χ3n) is 4.50. The van der Waals surface area contributed by atoms with Crippen LogP contribution in [0.5, 0.6) is 0 Å². The smallest absolute Gasteiger partial charge is 0.330 e. The Morgan fingerprint density at radius 1 is 1.25 bits per heavy atom. The summed E-state index contributed by atoms with van der Waals surface area (Å²) in [6.07, 6.45) is 1.65. The first kappa shape index (κ1) is 16.7. The van der Waals surface area contributed by atoms with Crippen LogP contribution in [-0.4, -0.2) is 27.4 Å². The van der Waals surface area contributed by atoms with E-state index in [0.29, 0.717) is 36.9 Å². The zero-order chi connectivity index (χ0) is 17.1. The molecule has 0 saturated carbocycles. The molecule has 0 spiro atoms. The summed E-state index contributed by atoms with van der Waals surface area (Å²) in [5.41, 5.74) is 1.55. The molecule has 1 saturated heterocycles. The highest BCUT2D eigenvalue weighted by molar-refractivity contribution is 5.27. The van der Waals surface area contributed by atoms with Gasteiger partial charge in [-0.05, 0) is 24.8 Å². The number of nitrogens with one attached hydrogen (secondary N) is 1. The van der Waals surface area contributed by atoms with Gasteiger partial charge in [0.25, 0.3) is 5.56 Å². The Labute approximate surface area is 139 Å². The van der Waals surface area contributed by atoms with Crippen molar-refractivity contribution in [1.82, 2.24) is 9.55 Å². The van der Waals surface area contributed by atoms with E-state index in [9.17, 15) is 14.7 Å². The molecule has 0 aliphatic carbocycles. The van der Waals surface area contributed by atoms with Crippen LogP contribution < -0.4 is 11.2 Å². The molecule has 128 valence electrons. The Hall–Kier alpha value is -2.18. The molecule has 24 heavy (non-hydrogen) atoms. The molecule has 2 atom stereocenters. The largest absolute Gasteiger partial charge is 0.394 e. The summed E-state index contributed by atoms with van der Waals surface area (Å²) in [7, 11) is 0. The van der Waals surface area contributed by atoms with Gasteiger partial charge in [0.05, 0.1) is 12.7 Å². The molecule has 2 heterocycles. The van der Waals surface area contributed by atoms with E-state index in [4.69, 9.17) is 4.74 Å². The van der Waals surface area contributed by atoms with Crippen molar-refractivity contribution < 1.29 is 9.84 Å². The number of aromatic nitrogens is 2. The lowest BCUT2D eigenvalue weighted by atomic mass is 10.0. The van der Waals surface area contributed by atoms with Crippen LogP contribution in [0.2, 0.25) is 0 Å². The second-order valence-electron chi connectivity index (χ2n) is 6.04. The number of aliphatic hydroxyl groups excluding tert-OH is 1. The Bertz CT molecular complexity index is 810. The topological polar surface area (TPSA) is 84.3 Å². The highest BCUT2D eigenvalue weighted by Gasteiger charge is 2.29. The van der Waals surface area contributed by atoms with Crippen LogP contribution in [-0.2, 0) is 17.6 Å². The molecule has 6 heteroatoms. The van der Waals surface area contributed by atoms with Gasteiger partial charge in [-0.1, -0.05) is 37.3 Å². The molecule has 1 fully saturated rings. The molecule has 1 aromatic heterocycles. The van der Waals surface area contributed by atoms with Gasteiger partial charge in [-0.25, -0.2) is 4.79 Å². The molecule has 6 nitrogen and oxygen atoms in total. The van der Waals surface area contributed by atoms with E-state index < -0.39 is 11.9 Å². The van der Waals surface area contributed by atoms with Crippen LogP contribution in [0.25, 0.3) is 0 Å². The van der Waals surface area contributed by atoms with Crippen molar-refractivity contribution in [2.24, 2.45) is 0 Å². The quantitative estimate of drug-likeness (QED) is 0.867. The second-order valence-corrected chi connectivity index (χ2v) is 6.04. The fraction of sp³-hybridized carbons (Fsp3) is 0.444. The fourth-order valence-corrected chi connectivity index (χ4v) is 3.29. The molecule has 2 unspecified atom stereocenters. The Morgan fingerprint density at radius 3 is 2.62 bits per heavy atom. The van der Waals surface area contributed by atoms with E-state index in [1.165, 1.54) is 0 Å². The van der Waals surface area contributed by atoms with Crippen molar-refractivity contribution in [1.29, 1.82) is 0 Å². The second kappa shape index (κ2) is 7.15. The van der Waals surface area contributed by atoms with E-state index in [1.807, 2.05) is 37.3 Å². The van der Waals surface area contributed by atoms with Gasteiger partial charge in [0.2, 0.25) is 0 Å². The molecule has 2 aromatic rings. The standard InChI is InChI=1S/C18H22N2O4/c1-2-14-15(10-12-6-4-3-5-7-12)20(18(23)19-17(14)22)16-9-8-13(11-21)24-16/h3-7,13,16,21H,2,8-11H2,1H3,(H,19,22,23). The van der Waals surface area contributed by atoms with E-state index in [1.54, 1.807) is 4.57 Å². The van der Waals surface area contributed by atoms with E-state index >= 15 is 0 Å². The van der Waals surface area contributed by atoms with Crippen molar-refractivity contribution in [2.45, 2.75) is 44.9 Å². The summed E-state index contributed by atoms with van der Waals surface area (Å²) < 4.78 is 7.34. The van der Waals surface area contributed by atoms with Crippen molar-refractivity contribution in [2.75, 3.05) is 6.61 Å². The Kier molecular flexibility index (Phi) is 4.97. The van der Waals surface area contributed by atoms with E-state index in [-0.39, 0.29) is 18.3 Å². The Balaban J connectivity index is 2.10. The predicted octanol–water partition coefficient (Wildman–Crippen LogP) is 1.36. The molecule has 0 radical (unpaired) electrons. The number of hydrogen-bond donors (Lipinski definition) is 2. The maximum Gasteiger partial charge on any atom is 0.330 e. The summed E-state index contributed by atoms with van der Waals surface area (Å²) in [6.45, 7) is 1.84. The molecule has 2 N–H and O–H groups in total. The molecule has 0 amide bonds. The maximum absolute atomic E-state index is 12.5. The van der Waals surface area contributed by atoms with Crippen LogP contribution in [0, 0.1) is 0 Å². The van der Waals surface area contributed by atoms with Gasteiger partial charge >= 0.3 is 5.69 Å². The first-order valence-electron chi connectivity index (χ1n) is 8.30. The zero-order valence-electron chi connectivity index (χ0n) is 13.7. The van der Waals surface area contributed by atoms with Crippen LogP contribution in [0.1, 0.15) is 42.8 Å². The first-order valence-corrected chi connectivity index (χ1v) is 8.30. The molecule has 1 aliphatic rings. The number of nitrogens with zero attached hydrogens (tertiary/aromatic N) is 1. The number of benzene rings is 1. The van der Waals surface area contributed by atoms with Crippen LogP contribution in [0.4, 0.5) is 0 Å². The van der Waals surface area contributed by atoms with Crippen LogP contribution in [0.3, 0.4) is 0 Å². The van der Waals surface area contributed by atoms with E-state index in [2.05, 4.69) is 4.98 Å². The van der Waals surface area contributed by atoms with Gasteiger partial charge in [0, 0.05) is 17.7 Å². The SMILES string of the molecule is CCc1c(Cc2ccccc2)n(C2CCC(CO)O2)c(=O)[nH]c1=O. The molecular weight excluding hydrogens is 308 g/mol. The molecule has 1 aromatic carbocycles. The number of rotatable bonds is 5. The van der Waals surface area contributed by atoms with Crippen molar-refractivity contribution in [3.63, 3.8) is 0 Å². The third kappa shape index (κ3) is 3.20. The highest BCUT2D eigenvalue weighted by atomic mass is 16.5. The number of H-pyrrole nitrogens is 1. The summed E-state index contributed by atoms with van der Waals surface area (Å²) in [5.74, 6) is 0. The van der Waals surface area contributed by atoms with Crippen LogP contribution in [0.15, 0.2) is 39.9 Å². The number of hydrogen-bond acceptors (Lipinski definition) is 4. The van der Waals surface area contributed by atoms with Gasteiger partial charge < -0.3 is 9.84 Å². The molecule has 1 aliphatic heterocycles. The zero-order valence-corrected chi connectivity index (χ0v) is 13.7. The summed E-state index contributed by atoms with van der Waals surface area (Å²) in [6, 6.07) is 9.75. The lowest BCUT2D eigenvalue weighted by Crippen LogP contribution is -2.38. The molecule has 3 rings (SSSR count). The van der Waals surface area contributed by atoms with Gasteiger partial charge in [-0.3, -0.25) is 14.3 Å². The average molecular weight is 330 g/mol. The number of ether oxygens (including phenoxy) is 1. The fourth-order valence-electron chi connectivity index (χ4n) is 3.29. The van der Waals surface area contributed by atoms with Gasteiger partial charge in [0.15, 0.2) is 0 Å².